The Balaban J connectivity index is 2.57. The van der Waals surface area contributed by atoms with E-state index in [1.165, 1.54) is 6.92 Å². The number of nitrogens with one attached hydrogen (secondary N) is 1. The number of urea groups is 1. The van der Waals surface area contributed by atoms with E-state index in [-0.39, 0.29) is 0 Å². The topological polar surface area (TPSA) is 89.9 Å². The first-order valence-electron chi connectivity index (χ1n) is 7.29. The van der Waals surface area contributed by atoms with Gasteiger partial charge in [-0.1, -0.05) is 13.8 Å². The van der Waals surface area contributed by atoms with Crippen LogP contribution in [0.3, 0.4) is 0 Å². The fraction of sp³-hybridized carbons (Fsp3) is 0.857. The predicted octanol–water partition coefficient (Wildman–Crippen LogP) is 1.29. The third-order valence-electron chi connectivity index (χ3n) is 4.03. The minimum atomic E-state index is -1.26. The molecule has 3 atom stereocenters. The minimum Gasteiger partial charge on any atom is -0.480 e. The molecule has 2 amide bonds. The smallest absolute Gasteiger partial charge is 0.328 e. The van der Waals surface area contributed by atoms with Crippen molar-refractivity contribution in [1.82, 2.24) is 10.2 Å². The molecule has 1 rings (SSSR count). The molecule has 1 unspecified atom stereocenters. The molecule has 116 valence electrons. The molecule has 0 spiro atoms. The number of aliphatic carboxylic acids is 1. The van der Waals surface area contributed by atoms with Crippen molar-refractivity contribution in [3.8, 4) is 0 Å². The summed E-state index contributed by atoms with van der Waals surface area (Å²) in [5.74, 6) is -0.00897. The molecule has 0 radical (unpaired) electrons. The first kappa shape index (κ1) is 16.8. The van der Waals surface area contributed by atoms with Crippen molar-refractivity contribution in [2.75, 3.05) is 13.1 Å². The fourth-order valence-corrected chi connectivity index (χ4v) is 2.60. The Morgan fingerprint density at radius 2 is 1.85 bits per heavy atom. The van der Waals surface area contributed by atoms with E-state index in [4.69, 9.17) is 5.11 Å². The highest BCUT2D eigenvalue weighted by molar-refractivity contribution is 5.83. The van der Waals surface area contributed by atoms with Gasteiger partial charge < -0.3 is 20.4 Å². The lowest BCUT2D eigenvalue weighted by atomic mass is 9.89. The van der Waals surface area contributed by atoms with Crippen molar-refractivity contribution in [1.29, 1.82) is 0 Å². The van der Waals surface area contributed by atoms with Crippen LogP contribution in [-0.2, 0) is 4.79 Å². The Bertz CT molecular complexity index is 344. The molecule has 0 aliphatic carbocycles. The first-order chi connectivity index (χ1) is 9.32. The highest BCUT2D eigenvalue weighted by atomic mass is 16.4. The van der Waals surface area contributed by atoms with Crippen molar-refractivity contribution in [2.24, 2.45) is 11.8 Å². The predicted molar refractivity (Wildman–Crippen MR) is 75.4 cm³/mol. The number of carbonyl (C=O) groups excluding carboxylic acids is 1. The summed E-state index contributed by atoms with van der Waals surface area (Å²) in [5, 5.41) is 20.7. The summed E-state index contributed by atoms with van der Waals surface area (Å²) < 4.78 is 0. The highest BCUT2D eigenvalue weighted by Crippen LogP contribution is 2.24. The average Bonchev–Trinajstić information content (AvgIpc) is 2.60. The molecule has 6 heteroatoms. The van der Waals surface area contributed by atoms with Crippen LogP contribution in [0.4, 0.5) is 4.79 Å². The maximum absolute atomic E-state index is 12.1. The second-order valence-electron chi connectivity index (χ2n) is 5.93. The molecule has 0 aromatic rings. The summed E-state index contributed by atoms with van der Waals surface area (Å²) in [4.78, 5) is 24.7. The molecule has 1 fully saturated rings. The molecule has 0 saturated carbocycles. The van der Waals surface area contributed by atoms with Crippen LogP contribution in [0.15, 0.2) is 0 Å². The number of amides is 2. The van der Waals surface area contributed by atoms with E-state index in [9.17, 15) is 14.7 Å². The number of aliphatic hydroxyl groups is 1. The SMILES string of the molecule is CC(C)C1CCCN(C(=O)N[C@H](C(=O)O)[C@@H](C)O)CC1. The van der Waals surface area contributed by atoms with Crippen LogP contribution in [-0.4, -0.2) is 52.3 Å². The Kier molecular flexibility index (Phi) is 6.26. The maximum atomic E-state index is 12.1. The number of hydrogen-bond donors (Lipinski definition) is 3. The van der Waals surface area contributed by atoms with Gasteiger partial charge in [0, 0.05) is 13.1 Å². The lowest BCUT2D eigenvalue weighted by Gasteiger charge is -2.25. The Hall–Kier alpha value is -1.30. The second-order valence-corrected chi connectivity index (χ2v) is 5.93. The zero-order valence-electron chi connectivity index (χ0n) is 12.5. The summed E-state index contributed by atoms with van der Waals surface area (Å²) in [6.45, 7) is 7.01. The molecule has 1 aliphatic heterocycles. The van der Waals surface area contributed by atoms with Crippen molar-refractivity contribution in [2.45, 2.75) is 52.2 Å². The van der Waals surface area contributed by atoms with Crippen LogP contribution < -0.4 is 5.32 Å². The monoisotopic (exact) mass is 286 g/mol. The Labute approximate surface area is 120 Å². The Morgan fingerprint density at radius 1 is 1.20 bits per heavy atom. The van der Waals surface area contributed by atoms with E-state index in [2.05, 4.69) is 19.2 Å². The lowest BCUT2D eigenvalue weighted by molar-refractivity contribution is -0.141. The molecular formula is C14H26N2O4. The van der Waals surface area contributed by atoms with Crippen molar-refractivity contribution in [3.05, 3.63) is 0 Å². The minimum absolute atomic E-state index is 0.400. The van der Waals surface area contributed by atoms with Gasteiger partial charge in [0.15, 0.2) is 6.04 Å². The van der Waals surface area contributed by atoms with Gasteiger partial charge in [-0.15, -0.1) is 0 Å². The number of rotatable bonds is 4. The summed E-state index contributed by atoms with van der Waals surface area (Å²) in [7, 11) is 0. The van der Waals surface area contributed by atoms with Crippen LogP contribution in [0, 0.1) is 11.8 Å². The van der Waals surface area contributed by atoms with Gasteiger partial charge >= 0.3 is 12.0 Å². The van der Waals surface area contributed by atoms with E-state index >= 15 is 0 Å². The summed E-state index contributed by atoms with van der Waals surface area (Å²) in [6, 6.07) is -1.66. The van der Waals surface area contributed by atoms with Crippen LogP contribution >= 0.6 is 0 Å². The van der Waals surface area contributed by atoms with Crippen LogP contribution in [0.2, 0.25) is 0 Å². The number of aliphatic hydroxyl groups excluding tert-OH is 1. The van der Waals surface area contributed by atoms with Gasteiger partial charge in [-0.05, 0) is 38.0 Å². The fourth-order valence-electron chi connectivity index (χ4n) is 2.60. The van der Waals surface area contributed by atoms with Gasteiger partial charge in [0.05, 0.1) is 6.10 Å². The van der Waals surface area contributed by atoms with E-state index in [1.54, 1.807) is 4.90 Å². The first-order valence-corrected chi connectivity index (χ1v) is 7.29. The van der Waals surface area contributed by atoms with E-state index in [0.717, 1.165) is 19.3 Å². The maximum Gasteiger partial charge on any atom is 0.328 e. The van der Waals surface area contributed by atoms with Gasteiger partial charge in [-0.3, -0.25) is 0 Å². The van der Waals surface area contributed by atoms with Gasteiger partial charge in [-0.25, -0.2) is 9.59 Å². The van der Waals surface area contributed by atoms with E-state index < -0.39 is 24.1 Å². The van der Waals surface area contributed by atoms with Crippen LogP contribution in [0.5, 0.6) is 0 Å². The van der Waals surface area contributed by atoms with Crippen molar-refractivity contribution < 1.29 is 19.8 Å². The molecule has 1 aliphatic rings. The molecule has 6 nitrogen and oxygen atoms in total. The lowest BCUT2D eigenvalue weighted by Crippen LogP contribution is -2.52. The number of carbonyl (C=O) groups is 2. The number of carboxylic acid groups (broad SMARTS) is 1. The normalized spacial score (nSPS) is 23.1. The molecular weight excluding hydrogens is 260 g/mol. The molecule has 0 aromatic carbocycles. The summed E-state index contributed by atoms with van der Waals surface area (Å²) in [5.41, 5.74) is 0. The Morgan fingerprint density at radius 3 is 2.35 bits per heavy atom. The number of hydrogen-bond acceptors (Lipinski definition) is 3. The largest absolute Gasteiger partial charge is 0.480 e. The molecule has 20 heavy (non-hydrogen) atoms. The van der Waals surface area contributed by atoms with Crippen LogP contribution in [0.1, 0.15) is 40.0 Å². The average molecular weight is 286 g/mol. The quantitative estimate of drug-likeness (QED) is 0.726. The number of likely N-dealkylation sites (tertiary alicyclic amines) is 1. The number of carboxylic acids is 1. The molecule has 1 saturated heterocycles. The van der Waals surface area contributed by atoms with E-state index in [1.807, 2.05) is 0 Å². The summed E-state index contributed by atoms with van der Waals surface area (Å²) >= 11 is 0. The van der Waals surface area contributed by atoms with Crippen LogP contribution in [0.25, 0.3) is 0 Å². The van der Waals surface area contributed by atoms with E-state index in [0.29, 0.717) is 24.9 Å². The third kappa shape index (κ3) is 4.67. The van der Waals surface area contributed by atoms with Gasteiger partial charge in [0.25, 0.3) is 0 Å². The zero-order valence-corrected chi connectivity index (χ0v) is 12.5. The standard InChI is InChI=1S/C14H26N2O4/c1-9(2)11-5-4-7-16(8-6-11)14(20)15-12(10(3)17)13(18)19/h9-12,17H,4-8H2,1-3H3,(H,15,20)(H,18,19)/t10-,11?,12+/m1/s1. The molecule has 0 aromatic heterocycles. The highest BCUT2D eigenvalue weighted by Gasteiger charge is 2.28. The van der Waals surface area contributed by atoms with Gasteiger partial charge in [0.2, 0.25) is 0 Å². The number of nitrogens with zero attached hydrogens (tertiary/aromatic N) is 1. The van der Waals surface area contributed by atoms with Gasteiger partial charge in [-0.2, -0.15) is 0 Å². The van der Waals surface area contributed by atoms with Gasteiger partial charge in [0.1, 0.15) is 0 Å². The van der Waals surface area contributed by atoms with Crippen molar-refractivity contribution >= 4 is 12.0 Å². The zero-order chi connectivity index (χ0) is 15.3. The molecule has 3 N–H and O–H groups in total. The molecule has 1 heterocycles. The second kappa shape index (κ2) is 7.47. The summed E-state index contributed by atoms with van der Waals surface area (Å²) in [6.07, 6.45) is 1.85. The van der Waals surface area contributed by atoms with Crippen molar-refractivity contribution in [3.63, 3.8) is 0 Å². The third-order valence-corrected chi connectivity index (χ3v) is 4.03. The molecule has 0 bridgehead atoms.